The molecule has 1 aliphatic heterocycles. The van der Waals surface area contributed by atoms with Crippen LogP contribution >= 0.6 is 0 Å². The summed E-state index contributed by atoms with van der Waals surface area (Å²) in [6.45, 7) is 5.20. The molecule has 1 unspecified atom stereocenters. The molecule has 1 fully saturated rings. The third kappa shape index (κ3) is 7.51. The van der Waals surface area contributed by atoms with E-state index in [9.17, 15) is 22.8 Å². The zero-order valence-corrected chi connectivity index (χ0v) is 29.0. The second-order valence-corrected chi connectivity index (χ2v) is 14.4. The fraction of sp³-hybridized carbons (Fsp3) is 0.289. The van der Waals surface area contributed by atoms with Gasteiger partial charge in [-0.05, 0) is 73.7 Å². The molecule has 1 saturated heterocycles. The van der Waals surface area contributed by atoms with Crippen LogP contribution in [0, 0.1) is 0 Å². The van der Waals surface area contributed by atoms with Crippen molar-refractivity contribution in [2.75, 3.05) is 18.5 Å². The number of piperidine rings is 1. The molecule has 4 aromatic carbocycles. The minimum absolute atomic E-state index is 0.110. The second kappa shape index (κ2) is 15.1. The Bertz CT molecular complexity index is 2070. The molecule has 260 valence electrons. The summed E-state index contributed by atoms with van der Waals surface area (Å²) in [5, 5.41) is 2.61. The molecule has 12 heteroatoms. The second-order valence-electron chi connectivity index (χ2n) is 12.6. The van der Waals surface area contributed by atoms with E-state index in [-0.39, 0.29) is 29.0 Å². The normalized spacial score (nSPS) is 15.6. The number of imidazole rings is 1. The number of benzene rings is 4. The van der Waals surface area contributed by atoms with E-state index < -0.39 is 28.0 Å². The van der Waals surface area contributed by atoms with Gasteiger partial charge in [-0.3, -0.25) is 19.2 Å². The van der Waals surface area contributed by atoms with E-state index in [0.29, 0.717) is 37.3 Å². The van der Waals surface area contributed by atoms with Crippen LogP contribution in [0.4, 0.5) is 10.5 Å². The average molecular weight is 696 g/mol. The quantitative estimate of drug-likeness (QED) is 0.174. The van der Waals surface area contributed by atoms with Crippen LogP contribution in [0.5, 0.6) is 0 Å². The molecule has 2 heterocycles. The minimum Gasteiger partial charge on any atom is -0.448 e. The van der Waals surface area contributed by atoms with Crippen molar-refractivity contribution in [3.63, 3.8) is 0 Å². The van der Waals surface area contributed by atoms with Crippen LogP contribution in [0.1, 0.15) is 50.4 Å². The smallest absolute Gasteiger partial charge is 0.411 e. The molecular formula is C38H41N5O6S. The Balaban J connectivity index is 1.26. The van der Waals surface area contributed by atoms with Gasteiger partial charge in [-0.1, -0.05) is 72.8 Å². The number of fused-ring (bicyclic) bond motifs is 1. The lowest BCUT2D eigenvalue weighted by Crippen LogP contribution is -2.46. The first kappa shape index (κ1) is 34.7. The number of rotatable bonds is 11. The van der Waals surface area contributed by atoms with Gasteiger partial charge < -0.3 is 10.1 Å². The largest absolute Gasteiger partial charge is 0.448 e. The molecule has 11 nitrogen and oxygen atoms in total. The van der Waals surface area contributed by atoms with Crippen LogP contribution < -0.4 is 11.0 Å². The topological polar surface area (TPSA) is 123 Å². The van der Waals surface area contributed by atoms with Gasteiger partial charge in [-0.15, -0.1) is 0 Å². The van der Waals surface area contributed by atoms with Crippen LogP contribution in [0.25, 0.3) is 11.0 Å². The van der Waals surface area contributed by atoms with Crippen molar-refractivity contribution < 1.29 is 22.7 Å². The van der Waals surface area contributed by atoms with Crippen LogP contribution in [0.3, 0.4) is 0 Å². The third-order valence-corrected chi connectivity index (χ3v) is 10.7. The highest BCUT2D eigenvalue weighted by molar-refractivity contribution is 7.90. The standard InChI is InChI=1S/C38H41N5O6S/c1-28(40(25-30-13-5-3-6-14-30)26-31-15-7-4-8-16-31)27-49-38(46)41-24-12-11-19-36(41)42-34-17-9-10-18-35(34)43(37(42)45)50(47,48)33-22-20-32(21-23-33)39-29(2)44/h3-10,13-18,20-23,28,36H,11-12,19,24-27H2,1-2H3,(H,39,44)/t28-,36?/m0/s1. The van der Waals surface area contributed by atoms with Gasteiger partial charge in [0.05, 0.1) is 15.9 Å². The van der Waals surface area contributed by atoms with Gasteiger partial charge in [0.2, 0.25) is 5.91 Å². The van der Waals surface area contributed by atoms with Crippen molar-refractivity contribution in [3.8, 4) is 0 Å². The van der Waals surface area contributed by atoms with Crippen LogP contribution in [0.15, 0.2) is 119 Å². The number of para-hydroxylation sites is 2. The number of carbonyl (C=O) groups is 2. The van der Waals surface area contributed by atoms with Crippen molar-refractivity contribution in [3.05, 3.63) is 131 Å². The van der Waals surface area contributed by atoms with Gasteiger partial charge in [-0.25, -0.2) is 18.0 Å². The third-order valence-electron chi connectivity index (χ3n) is 8.98. The molecule has 2 amide bonds. The highest BCUT2D eigenvalue weighted by Gasteiger charge is 2.35. The van der Waals surface area contributed by atoms with Crippen molar-refractivity contribution in [2.24, 2.45) is 0 Å². The number of carbonyl (C=O) groups excluding carboxylic acids is 2. The number of nitrogens with zero attached hydrogens (tertiary/aromatic N) is 4. The van der Waals surface area contributed by atoms with Crippen LogP contribution in [0.2, 0.25) is 0 Å². The molecule has 1 aromatic heterocycles. The van der Waals surface area contributed by atoms with Crippen molar-refractivity contribution in [2.45, 2.75) is 63.3 Å². The zero-order chi connectivity index (χ0) is 35.3. The summed E-state index contributed by atoms with van der Waals surface area (Å²) in [6, 6.07) is 32.5. The van der Waals surface area contributed by atoms with Crippen LogP contribution in [-0.2, 0) is 32.6 Å². The lowest BCUT2D eigenvalue weighted by Gasteiger charge is -2.36. The Morgan fingerprint density at radius 1 is 0.840 bits per heavy atom. The van der Waals surface area contributed by atoms with Gasteiger partial charge in [-0.2, -0.15) is 3.97 Å². The Morgan fingerprint density at radius 3 is 2.02 bits per heavy atom. The predicted octanol–water partition coefficient (Wildman–Crippen LogP) is 6.21. The van der Waals surface area contributed by atoms with E-state index in [4.69, 9.17) is 4.74 Å². The number of hydrogen-bond acceptors (Lipinski definition) is 7. The fourth-order valence-corrected chi connectivity index (χ4v) is 7.86. The Kier molecular flexibility index (Phi) is 10.5. The number of aromatic nitrogens is 2. The van der Waals surface area contributed by atoms with Crippen LogP contribution in [-0.4, -0.2) is 58.0 Å². The highest BCUT2D eigenvalue weighted by atomic mass is 32.2. The van der Waals surface area contributed by atoms with Gasteiger partial charge in [0.15, 0.2) is 0 Å². The number of hydrogen-bond donors (Lipinski definition) is 1. The summed E-state index contributed by atoms with van der Waals surface area (Å²) in [6.07, 6.45) is 0.629. The number of amides is 2. The molecule has 0 bridgehead atoms. The SMILES string of the molecule is CC(=O)Nc1ccc(S(=O)(=O)n2c(=O)n(C3CCCCN3C(=O)OC[C@H](C)N(Cc3ccccc3)Cc3ccccc3)c3ccccc32)cc1. The van der Waals surface area contributed by atoms with E-state index in [1.807, 2.05) is 43.3 Å². The molecule has 0 spiro atoms. The summed E-state index contributed by atoms with van der Waals surface area (Å²) in [5.41, 5.74) is 2.55. The van der Waals surface area contributed by atoms with E-state index >= 15 is 0 Å². The van der Waals surface area contributed by atoms with E-state index in [1.165, 1.54) is 35.8 Å². The fourth-order valence-electron chi connectivity index (χ4n) is 6.46. The molecule has 50 heavy (non-hydrogen) atoms. The maximum Gasteiger partial charge on any atom is 0.411 e. The number of likely N-dealkylation sites (tertiary alicyclic amines) is 1. The Labute approximate surface area is 291 Å². The summed E-state index contributed by atoms with van der Waals surface area (Å²) in [5.74, 6) is -0.290. The van der Waals surface area contributed by atoms with E-state index in [2.05, 4.69) is 34.5 Å². The first-order valence-corrected chi connectivity index (χ1v) is 18.2. The van der Waals surface area contributed by atoms with E-state index in [1.54, 1.807) is 29.2 Å². The lowest BCUT2D eigenvalue weighted by atomic mass is 10.1. The molecule has 0 radical (unpaired) electrons. The summed E-state index contributed by atoms with van der Waals surface area (Å²) in [7, 11) is -4.35. The summed E-state index contributed by atoms with van der Waals surface area (Å²) < 4.78 is 36.1. The van der Waals surface area contributed by atoms with E-state index in [0.717, 1.165) is 27.9 Å². The Hall–Kier alpha value is -5.20. The van der Waals surface area contributed by atoms with Gasteiger partial charge in [0.1, 0.15) is 12.8 Å². The Morgan fingerprint density at radius 2 is 1.42 bits per heavy atom. The monoisotopic (exact) mass is 695 g/mol. The zero-order valence-electron chi connectivity index (χ0n) is 28.1. The maximum absolute atomic E-state index is 14.2. The highest BCUT2D eigenvalue weighted by Crippen LogP contribution is 2.30. The number of anilines is 1. The maximum atomic E-state index is 14.2. The summed E-state index contributed by atoms with van der Waals surface area (Å²) >= 11 is 0. The lowest BCUT2D eigenvalue weighted by molar-refractivity contribution is -0.114. The predicted molar refractivity (Wildman–Crippen MR) is 192 cm³/mol. The van der Waals surface area contributed by atoms with Gasteiger partial charge in [0.25, 0.3) is 10.0 Å². The molecule has 6 rings (SSSR count). The minimum atomic E-state index is -4.35. The van der Waals surface area contributed by atoms with Gasteiger partial charge in [0, 0.05) is 38.3 Å². The molecule has 0 aliphatic carbocycles. The van der Waals surface area contributed by atoms with Gasteiger partial charge >= 0.3 is 11.8 Å². The molecule has 2 atom stereocenters. The number of ether oxygens (including phenoxy) is 1. The first-order chi connectivity index (χ1) is 24.1. The van der Waals surface area contributed by atoms with Crippen molar-refractivity contribution in [1.29, 1.82) is 0 Å². The van der Waals surface area contributed by atoms with Crippen molar-refractivity contribution >= 4 is 38.7 Å². The molecule has 0 saturated carbocycles. The molecule has 1 aliphatic rings. The molecular weight excluding hydrogens is 655 g/mol. The average Bonchev–Trinajstić information content (AvgIpc) is 3.43. The number of nitrogens with one attached hydrogen (secondary N) is 1. The molecule has 1 N–H and O–H groups in total. The summed E-state index contributed by atoms with van der Waals surface area (Å²) in [4.78, 5) is 43.2. The molecule has 5 aromatic rings. The first-order valence-electron chi connectivity index (χ1n) is 16.7. The van der Waals surface area contributed by atoms with Crippen molar-refractivity contribution in [1.82, 2.24) is 18.3 Å².